The Morgan fingerprint density at radius 1 is 1.27 bits per heavy atom. The quantitative estimate of drug-likeness (QED) is 0.848. The molecule has 0 radical (unpaired) electrons. The molecule has 0 unspecified atom stereocenters. The molecule has 1 saturated heterocycles. The van der Waals surface area contributed by atoms with E-state index >= 15 is 0 Å². The zero-order valence-electron chi connectivity index (χ0n) is 12.0. The van der Waals surface area contributed by atoms with Crippen molar-refractivity contribution >= 4 is 23.3 Å². The molecule has 22 heavy (non-hydrogen) atoms. The first kappa shape index (κ1) is 14.2. The maximum absolute atomic E-state index is 12.0. The largest absolute Gasteiger partial charge is 0.472 e. The third-order valence-electron chi connectivity index (χ3n) is 3.41. The van der Waals surface area contributed by atoms with Crippen molar-refractivity contribution in [2.75, 3.05) is 10.6 Å². The van der Waals surface area contributed by atoms with Crippen LogP contribution in [-0.4, -0.2) is 24.0 Å². The molecule has 6 heteroatoms. The Hall–Kier alpha value is -2.76. The molecule has 2 aromatic rings. The second kappa shape index (κ2) is 5.93. The topological polar surface area (TPSA) is 80.6 Å². The number of anilines is 2. The molecule has 0 saturated carbocycles. The first-order valence-corrected chi connectivity index (χ1v) is 7.02. The average Bonchev–Trinajstić information content (AvgIpc) is 3.10. The Balaban J connectivity index is 1.67. The van der Waals surface area contributed by atoms with E-state index in [-0.39, 0.29) is 24.0 Å². The number of amides is 1. The van der Waals surface area contributed by atoms with Crippen molar-refractivity contribution in [2.24, 2.45) is 0 Å². The van der Waals surface area contributed by atoms with E-state index in [1.807, 2.05) is 13.0 Å². The monoisotopic (exact) mass is 300 g/mol. The van der Waals surface area contributed by atoms with Crippen LogP contribution in [-0.2, 0) is 9.53 Å². The summed E-state index contributed by atoms with van der Waals surface area (Å²) in [5.41, 5.74) is 1.84. The number of esters is 1. The summed E-state index contributed by atoms with van der Waals surface area (Å²) in [6.45, 7) is 1.86. The number of nitrogens with one attached hydrogen (secondary N) is 2. The zero-order valence-corrected chi connectivity index (χ0v) is 12.0. The van der Waals surface area contributed by atoms with Gasteiger partial charge in [0.25, 0.3) is 5.91 Å². The maximum Gasteiger partial charge on any atom is 0.328 e. The SMILES string of the molecule is C[C@H]1C[C@H](Nc2cccc(NC(=O)c3ccoc3)c2)C(=O)O1. The minimum absolute atomic E-state index is 0.0750. The van der Waals surface area contributed by atoms with Gasteiger partial charge in [0.05, 0.1) is 11.8 Å². The second-order valence-electron chi connectivity index (χ2n) is 5.23. The molecule has 2 heterocycles. The van der Waals surface area contributed by atoms with Gasteiger partial charge in [0.15, 0.2) is 0 Å². The number of hydrogen-bond donors (Lipinski definition) is 2. The smallest absolute Gasteiger partial charge is 0.328 e. The fourth-order valence-electron chi connectivity index (χ4n) is 2.36. The van der Waals surface area contributed by atoms with E-state index in [2.05, 4.69) is 10.6 Å². The van der Waals surface area contributed by atoms with Gasteiger partial charge in [-0.25, -0.2) is 4.79 Å². The normalized spacial score (nSPS) is 20.5. The van der Waals surface area contributed by atoms with Crippen molar-refractivity contribution in [3.8, 4) is 0 Å². The summed E-state index contributed by atoms with van der Waals surface area (Å²) in [7, 11) is 0. The fourth-order valence-corrected chi connectivity index (χ4v) is 2.36. The summed E-state index contributed by atoms with van der Waals surface area (Å²) < 4.78 is 9.99. The van der Waals surface area contributed by atoms with Crippen LogP contribution in [0.15, 0.2) is 47.3 Å². The lowest BCUT2D eigenvalue weighted by Crippen LogP contribution is -2.24. The summed E-state index contributed by atoms with van der Waals surface area (Å²) in [5, 5.41) is 5.90. The van der Waals surface area contributed by atoms with Crippen molar-refractivity contribution in [3.05, 3.63) is 48.4 Å². The minimum Gasteiger partial charge on any atom is -0.472 e. The molecular weight excluding hydrogens is 284 g/mol. The Morgan fingerprint density at radius 3 is 2.77 bits per heavy atom. The predicted octanol–water partition coefficient (Wildman–Crippen LogP) is 2.65. The first-order chi connectivity index (χ1) is 10.6. The summed E-state index contributed by atoms with van der Waals surface area (Å²) in [6, 6.07) is 8.43. The highest BCUT2D eigenvalue weighted by Gasteiger charge is 2.31. The molecule has 1 amide bonds. The van der Waals surface area contributed by atoms with Crippen molar-refractivity contribution < 1.29 is 18.7 Å². The zero-order chi connectivity index (χ0) is 15.5. The van der Waals surface area contributed by atoms with Gasteiger partial charge in [-0.15, -0.1) is 0 Å². The van der Waals surface area contributed by atoms with Gasteiger partial charge in [-0.3, -0.25) is 4.79 Å². The highest BCUT2D eigenvalue weighted by Crippen LogP contribution is 2.22. The van der Waals surface area contributed by atoms with Gasteiger partial charge in [0.2, 0.25) is 0 Å². The number of carbonyl (C=O) groups is 2. The van der Waals surface area contributed by atoms with Gasteiger partial charge < -0.3 is 19.8 Å². The number of ether oxygens (including phenoxy) is 1. The van der Waals surface area contributed by atoms with Crippen LogP contribution in [0.1, 0.15) is 23.7 Å². The van der Waals surface area contributed by atoms with Gasteiger partial charge in [-0.05, 0) is 31.2 Å². The highest BCUT2D eigenvalue weighted by molar-refractivity contribution is 6.04. The predicted molar refractivity (Wildman–Crippen MR) is 80.7 cm³/mol. The van der Waals surface area contributed by atoms with E-state index < -0.39 is 0 Å². The van der Waals surface area contributed by atoms with Crippen LogP contribution in [0.5, 0.6) is 0 Å². The maximum atomic E-state index is 12.0. The van der Waals surface area contributed by atoms with Crippen LogP contribution in [0.2, 0.25) is 0 Å². The fraction of sp³-hybridized carbons (Fsp3) is 0.250. The van der Waals surface area contributed by atoms with Gasteiger partial charge >= 0.3 is 5.97 Å². The first-order valence-electron chi connectivity index (χ1n) is 7.02. The number of furan rings is 1. The van der Waals surface area contributed by atoms with Crippen LogP contribution in [0, 0.1) is 0 Å². The summed E-state index contributed by atoms with van der Waals surface area (Å²) >= 11 is 0. The standard InChI is InChI=1S/C16H16N2O4/c1-10-7-14(16(20)22-10)17-12-3-2-4-13(8-12)18-15(19)11-5-6-21-9-11/h2-6,8-10,14,17H,7H2,1H3,(H,18,19)/t10-,14-/m0/s1. The third kappa shape index (κ3) is 3.11. The van der Waals surface area contributed by atoms with E-state index in [1.165, 1.54) is 12.5 Å². The van der Waals surface area contributed by atoms with E-state index in [4.69, 9.17) is 9.15 Å². The van der Waals surface area contributed by atoms with Crippen molar-refractivity contribution in [1.82, 2.24) is 0 Å². The van der Waals surface area contributed by atoms with E-state index in [1.54, 1.807) is 24.3 Å². The van der Waals surface area contributed by atoms with Crippen molar-refractivity contribution in [1.29, 1.82) is 0 Å². The van der Waals surface area contributed by atoms with Gasteiger partial charge in [0.1, 0.15) is 18.4 Å². The lowest BCUT2D eigenvalue weighted by molar-refractivity contribution is -0.141. The minimum atomic E-state index is -0.352. The van der Waals surface area contributed by atoms with Crippen LogP contribution in [0.4, 0.5) is 11.4 Å². The van der Waals surface area contributed by atoms with Crippen molar-refractivity contribution in [2.45, 2.75) is 25.5 Å². The average molecular weight is 300 g/mol. The Bertz CT molecular complexity index is 681. The molecule has 2 N–H and O–H groups in total. The second-order valence-corrected chi connectivity index (χ2v) is 5.23. The van der Waals surface area contributed by atoms with Crippen LogP contribution >= 0.6 is 0 Å². The lowest BCUT2D eigenvalue weighted by Gasteiger charge is -2.12. The van der Waals surface area contributed by atoms with Crippen LogP contribution in [0.3, 0.4) is 0 Å². The van der Waals surface area contributed by atoms with E-state index in [9.17, 15) is 9.59 Å². The molecule has 2 atom stereocenters. The summed E-state index contributed by atoms with van der Waals surface area (Å²) in [6.07, 6.45) is 3.38. The molecule has 114 valence electrons. The molecule has 1 aliphatic heterocycles. The molecule has 3 rings (SSSR count). The van der Waals surface area contributed by atoms with Gasteiger partial charge in [-0.2, -0.15) is 0 Å². The number of rotatable bonds is 4. The third-order valence-corrected chi connectivity index (χ3v) is 3.41. The molecule has 1 fully saturated rings. The lowest BCUT2D eigenvalue weighted by atomic mass is 10.1. The molecule has 1 aromatic carbocycles. The summed E-state index contributed by atoms with van der Waals surface area (Å²) in [4.78, 5) is 23.6. The Kier molecular flexibility index (Phi) is 3.82. The number of cyclic esters (lactones) is 1. The highest BCUT2D eigenvalue weighted by atomic mass is 16.6. The summed E-state index contributed by atoms with van der Waals surface area (Å²) in [5.74, 6) is -0.500. The van der Waals surface area contributed by atoms with Crippen LogP contribution in [0.25, 0.3) is 0 Å². The molecule has 0 aliphatic carbocycles. The van der Waals surface area contributed by atoms with Crippen LogP contribution < -0.4 is 10.6 Å². The molecule has 1 aromatic heterocycles. The Morgan fingerprint density at radius 2 is 2.09 bits per heavy atom. The van der Waals surface area contributed by atoms with Crippen molar-refractivity contribution in [3.63, 3.8) is 0 Å². The van der Waals surface area contributed by atoms with Gasteiger partial charge in [0, 0.05) is 17.8 Å². The van der Waals surface area contributed by atoms with E-state index in [0.29, 0.717) is 17.7 Å². The number of benzene rings is 1. The van der Waals surface area contributed by atoms with E-state index in [0.717, 1.165) is 5.69 Å². The Labute approximate surface area is 127 Å². The molecule has 0 bridgehead atoms. The number of carbonyl (C=O) groups excluding carboxylic acids is 2. The van der Waals surface area contributed by atoms with Gasteiger partial charge in [-0.1, -0.05) is 6.07 Å². The molecular formula is C16H16N2O4. The molecule has 0 spiro atoms. The molecule has 6 nitrogen and oxygen atoms in total. The number of hydrogen-bond acceptors (Lipinski definition) is 5. The molecule has 1 aliphatic rings.